The second-order valence-electron chi connectivity index (χ2n) is 4.38. The standard InChI is InChI=1S/C15H15F3N2/c16-12-6-1-2-7-13(12)20-14(9-19)10-4-3-5-11(8-10)15(17)18/h1-8,14-15,20H,9,19H2. The van der Waals surface area contributed by atoms with Gasteiger partial charge in [-0.1, -0.05) is 30.3 Å². The van der Waals surface area contributed by atoms with Crippen molar-refractivity contribution in [3.8, 4) is 0 Å². The molecular formula is C15H15F3N2. The third kappa shape index (κ3) is 3.30. The number of rotatable bonds is 5. The van der Waals surface area contributed by atoms with Crippen LogP contribution in [0.25, 0.3) is 0 Å². The minimum Gasteiger partial charge on any atom is -0.375 e. The van der Waals surface area contributed by atoms with Gasteiger partial charge in [0.1, 0.15) is 5.82 Å². The summed E-state index contributed by atoms with van der Waals surface area (Å²) < 4.78 is 39.0. The summed E-state index contributed by atoms with van der Waals surface area (Å²) in [6.07, 6.45) is -2.54. The largest absolute Gasteiger partial charge is 0.375 e. The van der Waals surface area contributed by atoms with E-state index in [1.807, 2.05) is 0 Å². The first-order valence-electron chi connectivity index (χ1n) is 6.21. The molecule has 2 aromatic rings. The first-order valence-corrected chi connectivity index (χ1v) is 6.21. The average Bonchev–Trinajstić information content (AvgIpc) is 2.46. The van der Waals surface area contributed by atoms with Crippen LogP contribution in [0.15, 0.2) is 48.5 Å². The predicted octanol–water partition coefficient (Wildman–Crippen LogP) is 3.88. The maximum atomic E-state index is 13.6. The maximum Gasteiger partial charge on any atom is 0.263 e. The molecule has 5 heteroatoms. The summed E-state index contributed by atoms with van der Waals surface area (Å²) in [5.41, 5.74) is 6.49. The van der Waals surface area contributed by atoms with Crippen LogP contribution in [-0.4, -0.2) is 6.54 Å². The number of hydrogen-bond donors (Lipinski definition) is 2. The minimum absolute atomic E-state index is 0.0729. The Hall–Kier alpha value is -2.01. The van der Waals surface area contributed by atoms with E-state index in [9.17, 15) is 13.2 Å². The van der Waals surface area contributed by atoms with Crippen LogP contribution >= 0.6 is 0 Å². The molecular weight excluding hydrogens is 265 g/mol. The molecule has 0 amide bonds. The molecule has 0 radical (unpaired) electrons. The van der Waals surface area contributed by atoms with Crippen LogP contribution in [0.4, 0.5) is 18.9 Å². The number of benzene rings is 2. The van der Waals surface area contributed by atoms with Crippen molar-refractivity contribution in [3.63, 3.8) is 0 Å². The van der Waals surface area contributed by atoms with Crippen molar-refractivity contribution in [2.24, 2.45) is 5.73 Å². The SMILES string of the molecule is NCC(Nc1ccccc1F)c1cccc(C(F)F)c1. The monoisotopic (exact) mass is 280 g/mol. The Morgan fingerprint density at radius 3 is 2.35 bits per heavy atom. The quantitative estimate of drug-likeness (QED) is 0.872. The van der Waals surface area contributed by atoms with Crippen LogP contribution in [0, 0.1) is 5.82 Å². The van der Waals surface area contributed by atoms with Gasteiger partial charge in [-0.25, -0.2) is 13.2 Å². The lowest BCUT2D eigenvalue weighted by atomic mass is 10.0. The highest BCUT2D eigenvalue weighted by Gasteiger charge is 2.14. The van der Waals surface area contributed by atoms with Gasteiger partial charge in [0.15, 0.2) is 0 Å². The fourth-order valence-electron chi connectivity index (χ4n) is 1.96. The van der Waals surface area contributed by atoms with Gasteiger partial charge in [0.05, 0.1) is 11.7 Å². The van der Waals surface area contributed by atoms with Crippen LogP contribution in [0.5, 0.6) is 0 Å². The summed E-state index contributed by atoms with van der Waals surface area (Å²) >= 11 is 0. The second kappa shape index (κ2) is 6.43. The van der Waals surface area contributed by atoms with Crippen LogP contribution < -0.4 is 11.1 Å². The van der Waals surface area contributed by atoms with Gasteiger partial charge < -0.3 is 11.1 Å². The van der Waals surface area contributed by atoms with E-state index in [0.717, 1.165) is 0 Å². The number of hydrogen-bond acceptors (Lipinski definition) is 2. The van der Waals surface area contributed by atoms with E-state index < -0.39 is 18.3 Å². The number of nitrogens with one attached hydrogen (secondary N) is 1. The molecule has 0 aliphatic carbocycles. The van der Waals surface area contributed by atoms with Crippen LogP contribution in [0.2, 0.25) is 0 Å². The molecule has 1 atom stereocenters. The van der Waals surface area contributed by atoms with Gasteiger partial charge in [-0.15, -0.1) is 0 Å². The molecule has 0 spiro atoms. The molecule has 20 heavy (non-hydrogen) atoms. The van der Waals surface area contributed by atoms with E-state index in [-0.39, 0.29) is 12.1 Å². The normalized spacial score (nSPS) is 12.4. The maximum absolute atomic E-state index is 13.6. The molecule has 3 N–H and O–H groups in total. The number of alkyl halides is 2. The zero-order valence-electron chi connectivity index (χ0n) is 10.7. The topological polar surface area (TPSA) is 38.0 Å². The molecule has 0 aliphatic rings. The number of para-hydroxylation sites is 1. The van der Waals surface area contributed by atoms with E-state index in [1.165, 1.54) is 18.2 Å². The van der Waals surface area contributed by atoms with Crippen molar-refractivity contribution >= 4 is 5.69 Å². The lowest BCUT2D eigenvalue weighted by molar-refractivity contribution is 0.151. The highest BCUT2D eigenvalue weighted by molar-refractivity contribution is 5.47. The first kappa shape index (κ1) is 14.4. The first-order chi connectivity index (χ1) is 9.61. The Morgan fingerprint density at radius 1 is 1.00 bits per heavy atom. The van der Waals surface area contributed by atoms with Gasteiger partial charge in [0, 0.05) is 12.1 Å². The molecule has 106 valence electrons. The molecule has 2 aromatic carbocycles. The van der Waals surface area contributed by atoms with E-state index in [0.29, 0.717) is 11.3 Å². The van der Waals surface area contributed by atoms with Crippen LogP contribution in [-0.2, 0) is 0 Å². The third-order valence-corrected chi connectivity index (χ3v) is 3.00. The Kier molecular flexibility index (Phi) is 4.63. The van der Waals surface area contributed by atoms with Gasteiger partial charge in [-0.2, -0.15) is 0 Å². The van der Waals surface area contributed by atoms with E-state index in [2.05, 4.69) is 5.32 Å². The minimum atomic E-state index is -2.54. The van der Waals surface area contributed by atoms with E-state index in [1.54, 1.807) is 30.3 Å². The molecule has 2 rings (SSSR count). The average molecular weight is 280 g/mol. The van der Waals surface area contributed by atoms with Gasteiger partial charge in [0.2, 0.25) is 0 Å². The van der Waals surface area contributed by atoms with Gasteiger partial charge in [-0.3, -0.25) is 0 Å². The van der Waals surface area contributed by atoms with Crippen molar-refractivity contribution in [2.45, 2.75) is 12.5 Å². The van der Waals surface area contributed by atoms with Crippen LogP contribution in [0.1, 0.15) is 23.6 Å². The van der Waals surface area contributed by atoms with E-state index in [4.69, 9.17) is 5.73 Å². The Morgan fingerprint density at radius 2 is 1.70 bits per heavy atom. The summed E-state index contributed by atoms with van der Waals surface area (Å²) in [6, 6.07) is 11.7. The lowest BCUT2D eigenvalue weighted by Gasteiger charge is -2.19. The zero-order valence-corrected chi connectivity index (χ0v) is 10.7. The second-order valence-corrected chi connectivity index (χ2v) is 4.38. The number of nitrogens with two attached hydrogens (primary N) is 1. The van der Waals surface area contributed by atoms with Gasteiger partial charge >= 0.3 is 0 Å². The molecule has 0 aliphatic heterocycles. The predicted molar refractivity (Wildman–Crippen MR) is 73.2 cm³/mol. The van der Waals surface area contributed by atoms with Crippen molar-refractivity contribution in [1.82, 2.24) is 0 Å². The molecule has 2 nitrogen and oxygen atoms in total. The summed E-state index contributed by atoms with van der Waals surface area (Å²) in [5.74, 6) is -0.407. The molecule has 0 saturated carbocycles. The summed E-state index contributed by atoms with van der Waals surface area (Å²) in [5, 5.41) is 2.93. The van der Waals surface area contributed by atoms with Crippen LogP contribution in [0.3, 0.4) is 0 Å². The van der Waals surface area contributed by atoms with Crippen molar-refractivity contribution in [2.75, 3.05) is 11.9 Å². The molecule has 0 bridgehead atoms. The number of anilines is 1. The summed E-state index contributed by atoms with van der Waals surface area (Å²) in [7, 11) is 0. The Balaban J connectivity index is 2.24. The Bertz CT molecular complexity index is 573. The fraction of sp³-hybridized carbons (Fsp3) is 0.200. The van der Waals surface area contributed by atoms with Gasteiger partial charge in [0.25, 0.3) is 6.43 Å². The molecule has 0 fully saturated rings. The zero-order chi connectivity index (χ0) is 14.5. The third-order valence-electron chi connectivity index (χ3n) is 3.00. The highest BCUT2D eigenvalue weighted by Crippen LogP contribution is 2.25. The van der Waals surface area contributed by atoms with E-state index >= 15 is 0 Å². The molecule has 0 saturated heterocycles. The fourth-order valence-corrected chi connectivity index (χ4v) is 1.96. The van der Waals surface area contributed by atoms with Gasteiger partial charge in [-0.05, 0) is 23.8 Å². The molecule has 0 heterocycles. The summed E-state index contributed by atoms with van der Waals surface area (Å²) in [4.78, 5) is 0. The molecule has 1 unspecified atom stereocenters. The van der Waals surface area contributed by atoms with Crippen molar-refractivity contribution in [3.05, 3.63) is 65.5 Å². The van der Waals surface area contributed by atoms with Crippen molar-refractivity contribution in [1.29, 1.82) is 0 Å². The summed E-state index contributed by atoms with van der Waals surface area (Å²) in [6.45, 7) is 0.168. The number of halogens is 3. The Labute approximate surface area is 115 Å². The lowest BCUT2D eigenvalue weighted by Crippen LogP contribution is -2.21. The van der Waals surface area contributed by atoms with Crippen molar-refractivity contribution < 1.29 is 13.2 Å². The smallest absolute Gasteiger partial charge is 0.263 e. The molecule has 0 aromatic heterocycles. The highest BCUT2D eigenvalue weighted by atomic mass is 19.3.